The van der Waals surface area contributed by atoms with Gasteiger partial charge in [0.05, 0.1) is 36.8 Å². The maximum Gasteiger partial charge on any atom is 0.340 e. The van der Waals surface area contributed by atoms with Gasteiger partial charge >= 0.3 is 5.97 Å². The molecule has 3 rings (SSSR count). The van der Waals surface area contributed by atoms with E-state index in [1.54, 1.807) is 6.07 Å². The van der Waals surface area contributed by atoms with Gasteiger partial charge in [0.25, 0.3) is 5.91 Å². The molecule has 1 N–H and O–H groups in total. The van der Waals surface area contributed by atoms with Gasteiger partial charge in [0.2, 0.25) is 0 Å². The number of carbonyl (C=O) groups excluding carboxylic acids is 2. The Bertz CT molecular complexity index is 1050. The summed E-state index contributed by atoms with van der Waals surface area (Å²) in [6.07, 6.45) is 1.34. The number of carbonyl (C=O) groups is 2. The number of methoxy groups -OCH3 is 2. The van der Waals surface area contributed by atoms with Gasteiger partial charge in [0.1, 0.15) is 12.4 Å². The molecule has 0 saturated carbocycles. The average molecular weight is 434 g/mol. The molecule has 1 aromatic heterocycles. The van der Waals surface area contributed by atoms with E-state index < -0.39 is 24.3 Å². The smallest absolute Gasteiger partial charge is 0.340 e. The molecular weight excluding hydrogens is 417 g/mol. The molecule has 30 heavy (non-hydrogen) atoms. The first-order valence-corrected chi connectivity index (χ1v) is 9.03. The Labute approximate surface area is 176 Å². The number of halogens is 2. The molecule has 3 aromatic rings. The molecule has 0 bridgehead atoms. The fraction of sp³-hybridized carbons (Fsp3) is 0.143. The van der Waals surface area contributed by atoms with Crippen molar-refractivity contribution in [3.8, 4) is 11.5 Å². The number of ether oxygens (including phenoxy) is 3. The minimum atomic E-state index is -0.829. The molecular formula is C21H17ClFNO6. The number of hydrogen-bond donors (Lipinski definition) is 1. The highest BCUT2D eigenvalue weighted by molar-refractivity contribution is 6.31. The van der Waals surface area contributed by atoms with Crippen molar-refractivity contribution in [1.82, 2.24) is 0 Å². The SMILES string of the molecule is COc1cc(NC(=O)c2ccco2)c(C(=O)OCc2c(F)cccc2Cl)cc1OC. The molecule has 2 aromatic carbocycles. The Hall–Kier alpha value is -3.52. The molecule has 0 aliphatic heterocycles. The first kappa shape index (κ1) is 21.2. The van der Waals surface area contributed by atoms with Gasteiger partial charge in [0, 0.05) is 17.7 Å². The molecule has 1 amide bonds. The molecule has 156 valence electrons. The van der Waals surface area contributed by atoms with Crippen LogP contribution in [-0.2, 0) is 11.3 Å². The molecule has 0 atom stereocenters. The summed E-state index contributed by atoms with van der Waals surface area (Å²) in [6.45, 7) is -0.399. The van der Waals surface area contributed by atoms with Crippen molar-refractivity contribution in [2.45, 2.75) is 6.61 Å². The highest BCUT2D eigenvalue weighted by Crippen LogP contribution is 2.34. The molecule has 0 radical (unpaired) electrons. The quantitative estimate of drug-likeness (QED) is 0.543. The standard InChI is InChI=1S/C21H17ClFNO6/c1-27-18-9-12(21(26)30-11-13-14(22)5-3-6-15(13)23)16(10-19(18)28-2)24-20(25)17-7-4-8-29-17/h3-10H,11H2,1-2H3,(H,24,25). The lowest BCUT2D eigenvalue weighted by Gasteiger charge is -2.15. The van der Waals surface area contributed by atoms with Crippen molar-refractivity contribution in [3.05, 3.63) is 76.5 Å². The van der Waals surface area contributed by atoms with Crippen LogP contribution in [0.1, 0.15) is 26.5 Å². The van der Waals surface area contributed by atoms with Gasteiger partial charge in [-0.3, -0.25) is 4.79 Å². The number of nitrogens with one attached hydrogen (secondary N) is 1. The zero-order valence-electron chi connectivity index (χ0n) is 16.0. The van der Waals surface area contributed by atoms with Gasteiger partial charge < -0.3 is 23.9 Å². The number of esters is 1. The van der Waals surface area contributed by atoms with Gasteiger partial charge in [-0.25, -0.2) is 9.18 Å². The maximum atomic E-state index is 13.9. The molecule has 0 saturated heterocycles. The van der Waals surface area contributed by atoms with E-state index in [-0.39, 0.29) is 39.1 Å². The molecule has 1 heterocycles. The van der Waals surface area contributed by atoms with Crippen LogP contribution < -0.4 is 14.8 Å². The summed E-state index contributed by atoms with van der Waals surface area (Å²) in [4.78, 5) is 25.1. The zero-order chi connectivity index (χ0) is 21.7. The van der Waals surface area contributed by atoms with E-state index in [1.807, 2.05) is 0 Å². The third-order valence-electron chi connectivity index (χ3n) is 4.15. The first-order chi connectivity index (χ1) is 14.4. The van der Waals surface area contributed by atoms with Crippen LogP contribution in [-0.4, -0.2) is 26.1 Å². The lowest BCUT2D eigenvalue weighted by molar-refractivity contribution is 0.0470. The summed E-state index contributed by atoms with van der Waals surface area (Å²) in [5.41, 5.74) is 0.105. The second kappa shape index (κ2) is 9.32. The molecule has 7 nitrogen and oxygen atoms in total. The predicted molar refractivity (Wildman–Crippen MR) is 107 cm³/mol. The topological polar surface area (TPSA) is 87.0 Å². The summed E-state index contributed by atoms with van der Waals surface area (Å²) >= 11 is 5.97. The number of furan rings is 1. The van der Waals surface area contributed by atoms with Crippen LogP contribution in [0.4, 0.5) is 10.1 Å². The van der Waals surface area contributed by atoms with Crippen molar-refractivity contribution in [2.24, 2.45) is 0 Å². The van der Waals surface area contributed by atoms with E-state index in [1.165, 1.54) is 56.9 Å². The minimum absolute atomic E-state index is 0.0278. The lowest BCUT2D eigenvalue weighted by Crippen LogP contribution is -2.16. The zero-order valence-corrected chi connectivity index (χ0v) is 16.8. The summed E-state index contributed by atoms with van der Waals surface area (Å²) in [6, 6.07) is 9.92. The number of benzene rings is 2. The third-order valence-corrected chi connectivity index (χ3v) is 4.50. The first-order valence-electron chi connectivity index (χ1n) is 8.65. The third kappa shape index (κ3) is 4.55. The van der Waals surface area contributed by atoms with Crippen molar-refractivity contribution in [1.29, 1.82) is 0 Å². The Morgan fingerprint density at radius 2 is 1.83 bits per heavy atom. The second-order valence-electron chi connectivity index (χ2n) is 5.96. The minimum Gasteiger partial charge on any atom is -0.493 e. The average Bonchev–Trinajstić information content (AvgIpc) is 3.28. The summed E-state index contributed by atoms with van der Waals surface area (Å²) in [5, 5.41) is 2.70. The van der Waals surface area contributed by atoms with Crippen LogP contribution in [0.3, 0.4) is 0 Å². The van der Waals surface area contributed by atoms with Crippen LogP contribution in [0.2, 0.25) is 5.02 Å². The van der Waals surface area contributed by atoms with Gasteiger partial charge in [-0.15, -0.1) is 0 Å². The largest absolute Gasteiger partial charge is 0.493 e. The molecule has 0 aliphatic carbocycles. The van der Waals surface area contributed by atoms with Crippen molar-refractivity contribution in [3.63, 3.8) is 0 Å². The van der Waals surface area contributed by atoms with Crippen LogP contribution in [0, 0.1) is 5.82 Å². The molecule has 0 unspecified atom stereocenters. The Morgan fingerprint density at radius 1 is 1.10 bits per heavy atom. The Kier molecular flexibility index (Phi) is 6.58. The number of hydrogen-bond acceptors (Lipinski definition) is 6. The summed E-state index contributed by atoms with van der Waals surface area (Å²) < 4.78 is 34.7. The number of rotatable bonds is 7. The normalized spacial score (nSPS) is 10.4. The highest BCUT2D eigenvalue weighted by Gasteiger charge is 2.22. The fourth-order valence-corrected chi connectivity index (χ4v) is 2.85. The molecule has 0 aliphatic rings. The van der Waals surface area contributed by atoms with Gasteiger partial charge in [-0.2, -0.15) is 0 Å². The maximum absolute atomic E-state index is 13.9. The second-order valence-corrected chi connectivity index (χ2v) is 6.37. The van der Waals surface area contributed by atoms with Crippen molar-refractivity contribution < 1.29 is 32.6 Å². The van der Waals surface area contributed by atoms with Gasteiger partial charge in [-0.05, 0) is 24.3 Å². The van der Waals surface area contributed by atoms with Crippen LogP contribution in [0.25, 0.3) is 0 Å². The van der Waals surface area contributed by atoms with E-state index in [2.05, 4.69) is 5.32 Å². The van der Waals surface area contributed by atoms with Crippen LogP contribution in [0.5, 0.6) is 11.5 Å². The van der Waals surface area contributed by atoms with Crippen molar-refractivity contribution in [2.75, 3.05) is 19.5 Å². The fourth-order valence-electron chi connectivity index (χ4n) is 2.63. The van der Waals surface area contributed by atoms with E-state index in [9.17, 15) is 14.0 Å². The van der Waals surface area contributed by atoms with E-state index in [4.69, 9.17) is 30.2 Å². The van der Waals surface area contributed by atoms with Crippen LogP contribution >= 0.6 is 11.6 Å². The molecule has 0 fully saturated rings. The van der Waals surface area contributed by atoms with E-state index in [0.717, 1.165) is 0 Å². The predicted octanol–water partition coefficient (Wildman–Crippen LogP) is 4.70. The Morgan fingerprint density at radius 3 is 2.47 bits per heavy atom. The van der Waals surface area contributed by atoms with Gasteiger partial charge in [-0.1, -0.05) is 17.7 Å². The van der Waals surface area contributed by atoms with Crippen molar-refractivity contribution >= 4 is 29.2 Å². The molecule has 9 heteroatoms. The highest BCUT2D eigenvalue weighted by atomic mass is 35.5. The van der Waals surface area contributed by atoms with Crippen LogP contribution in [0.15, 0.2) is 53.1 Å². The summed E-state index contributed by atoms with van der Waals surface area (Å²) in [5.74, 6) is -1.45. The Balaban J connectivity index is 1.90. The number of anilines is 1. The van der Waals surface area contributed by atoms with E-state index in [0.29, 0.717) is 0 Å². The molecule has 0 spiro atoms. The van der Waals surface area contributed by atoms with Gasteiger partial charge in [0.15, 0.2) is 17.3 Å². The monoisotopic (exact) mass is 433 g/mol. The van der Waals surface area contributed by atoms with E-state index >= 15 is 0 Å². The number of amides is 1. The summed E-state index contributed by atoms with van der Waals surface area (Å²) in [7, 11) is 2.81. The lowest BCUT2D eigenvalue weighted by atomic mass is 10.1.